The molecule has 0 spiro atoms. The van der Waals surface area contributed by atoms with Crippen LogP contribution in [0.15, 0.2) is 60.8 Å². The number of pyridine rings is 1. The lowest BCUT2D eigenvalue weighted by Crippen LogP contribution is -2.48. The molecule has 0 radical (unpaired) electrons. The Hall–Kier alpha value is -3.46. The fourth-order valence-corrected chi connectivity index (χ4v) is 4.58. The van der Waals surface area contributed by atoms with Crippen molar-refractivity contribution >= 4 is 5.91 Å². The summed E-state index contributed by atoms with van der Waals surface area (Å²) in [5, 5.41) is 18.3. The number of aliphatic hydroxyl groups excluding tert-OH is 2. The molecule has 3 aromatic rings. The van der Waals surface area contributed by atoms with Gasteiger partial charge in [0.25, 0.3) is 5.91 Å². The van der Waals surface area contributed by atoms with Gasteiger partial charge in [0, 0.05) is 25.2 Å². The van der Waals surface area contributed by atoms with Crippen molar-refractivity contribution in [3.05, 3.63) is 88.7 Å². The Morgan fingerprint density at radius 3 is 2.45 bits per heavy atom. The van der Waals surface area contributed by atoms with Gasteiger partial charge >= 0.3 is 0 Å². The second-order valence-electron chi connectivity index (χ2n) is 10.0. The van der Waals surface area contributed by atoms with Gasteiger partial charge < -0.3 is 29.3 Å². The van der Waals surface area contributed by atoms with Crippen LogP contribution in [-0.2, 0) is 18.0 Å². The molecule has 2 N–H and O–H groups in total. The Morgan fingerprint density at radius 1 is 0.974 bits per heavy atom. The van der Waals surface area contributed by atoms with Crippen LogP contribution in [0.5, 0.6) is 11.5 Å². The van der Waals surface area contributed by atoms with Gasteiger partial charge in [-0.05, 0) is 65.3 Å². The number of hydrogen-bond donors (Lipinski definition) is 2. The Balaban J connectivity index is 1.14. The molecule has 0 unspecified atom stereocenters. The third-order valence-electron chi connectivity index (χ3n) is 7.08. The monoisotopic (exact) mass is 518 g/mol. The summed E-state index contributed by atoms with van der Waals surface area (Å²) in [6, 6.07) is 18.1. The molecule has 1 aliphatic heterocycles. The minimum atomic E-state index is -0.917. The minimum Gasteiger partial charge on any atom is -0.493 e. The van der Waals surface area contributed by atoms with Gasteiger partial charge in [-0.1, -0.05) is 30.3 Å². The molecule has 1 atom stereocenters. The summed E-state index contributed by atoms with van der Waals surface area (Å²) in [7, 11) is 1.64. The topological polar surface area (TPSA) is 101 Å². The zero-order chi connectivity index (χ0) is 26.5. The summed E-state index contributed by atoms with van der Waals surface area (Å²) in [6.45, 7) is 1.57. The maximum atomic E-state index is 12.9. The number of carbonyl (C=O) groups excluding carboxylic acids is 1. The Bertz CT molecular complexity index is 1240. The molecular weight excluding hydrogens is 484 g/mol. The van der Waals surface area contributed by atoms with Crippen molar-refractivity contribution in [3.63, 3.8) is 0 Å². The summed E-state index contributed by atoms with van der Waals surface area (Å²) in [5.74, 6) is 2.21. The Labute approximate surface area is 222 Å². The van der Waals surface area contributed by atoms with Crippen molar-refractivity contribution < 1.29 is 29.2 Å². The zero-order valence-corrected chi connectivity index (χ0v) is 21.6. The Morgan fingerprint density at radius 2 is 1.74 bits per heavy atom. The van der Waals surface area contributed by atoms with E-state index in [9.17, 15) is 9.90 Å². The van der Waals surface area contributed by atoms with Crippen molar-refractivity contribution in [2.24, 2.45) is 0 Å². The number of benzene rings is 2. The highest BCUT2D eigenvalue weighted by atomic mass is 16.5. The average molecular weight is 519 g/mol. The molecule has 5 rings (SSSR count). The maximum absolute atomic E-state index is 12.9. The van der Waals surface area contributed by atoms with E-state index in [1.54, 1.807) is 30.3 Å². The third kappa shape index (κ3) is 6.32. The van der Waals surface area contributed by atoms with Crippen LogP contribution in [0.3, 0.4) is 0 Å². The maximum Gasteiger partial charge on any atom is 0.272 e. The smallest absolute Gasteiger partial charge is 0.272 e. The fourth-order valence-electron chi connectivity index (χ4n) is 4.58. The van der Waals surface area contributed by atoms with E-state index in [0.717, 1.165) is 22.6 Å². The number of amides is 1. The summed E-state index contributed by atoms with van der Waals surface area (Å²) >= 11 is 0. The lowest BCUT2D eigenvalue weighted by molar-refractivity contribution is -0.0000165. The van der Waals surface area contributed by atoms with Crippen molar-refractivity contribution in [1.29, 1.82) is 0 Å². The number of likely N-dealkylation sites (tertiary alicyclic amines) is 1. The van der Waals surface area contributed by atoms with Crippen LogP contribution in [-0.4, -0.2) is 65.5 Å². The molecule has 0 bridgehead atoms. The van der Waals surface area contributed by atoms with E-state index in [1.807, 2.05) is 18.2 Å². The van der Waals surface area contributed by atoms with Crippen LogP contribution >= 0.6 is 0 Å². The lowest BCUT2D eigenvalue weighted by Gasteiger charge is -2.39. The van der Waals surface area contributed by atoms with Gasteiger partial charge in [-0.15, -0.1) is 0 Å². The van der Waals surface area contributed by atoms with Crippen LogP contribution in [0.4, 0.5) is 0 Å². The number of aliphatic hydroxyl groups is 2. The van der Waals surface area contributed by atoms with Gasteiger partial charge in [0.1, 0.15) is 18.4 Å². The molecule has 8 nitrogen and oxygen atoms in total. The lowest BCUT2D eigenvalue weighted by atomic mass is 9.91. The number of hydrogen-bond acceptors (Lipinski definition) is 7. The summed E-state index contributed by atoms with van der Waals surface area (Å²) < 4.78 is 17.1. The fraction of sp³-hybridized carbons (Fsp3) is 0.400. The predicted molar refractivity (Wildman–Crippen MR) is 141 cm³/mol. The quantitative estimate of drug-likeness (QED) is 0.377. The number of rotatable bonds is 12. The van der Waals surface area contributed by atoms with Crippen LogP contribution in [0.25, 0.3) is 0 Å². The predicted octanol–water partition coefficient (Wildman–Crippen LogP) is 3.66. The van der Waals surface area contributed by atoms with Crippen LogP contribution in [0.1, 0.15) is 57.4 Å². The standard InChI is InChI=1S/C30H34N2O6/c1-36-29-13-24(8-9-28(29)38-18-20-2-4-22(5-3-20)23-6-7-23)25-14-32(15-25)30(35)27-12-21(10-11-31-27)17-37-19-26(34)16-33/h2-5,8-13,23,25-26,33-34H,6-7,14-19H2,1H3/t26-/m1/s1. The van der Waals surface area contributed by atoms with E-state index in [-0.39, 0.29) is 31.6 Å². The molecular formula is C30H34N2O6. The minimum absolute atomic E-state index is 0.0245. The van der Waals surface area contributed by atoms with E-state index in [0.29, 0.717) is 36.9 Å². The normalized spacial score (nSPS) is 16.1. The highest BCUT2D eigenvalue weighted by Crippen LogP contribution is 2.40. The Kier molecular flexibility index (Phi) is 8.22. The number of methoxy groups -OCH3 is 1. The number of ether oxygens (including phenoxy) is 3. The largest absolute Gasteiger partial charge is 0.493 e. The molecule has 1 saturated heterocycles. The van der Waals surface area contributed by atoms with Gasteiger partial charge in [-0.3, -0.25) is 9.78 Å². The second-order valence-corrected chi connectivity index (χ2v) is 10.0. The highest BCUT2D eigenvalue weighted by molar-refractivity contribution is 5.93. The van der Waals surface area contributed by atoms with Crippen molar-refractivity contribution in [2.45, 2.75) is 44.0 Å². The molecule has 1 aromatic heterocycles. The van der Waals surface area contributed by atoms with Gasteiger partial charge in [0.15, 0.2) is 11.5 Å². The van der Waals surface area contributed by atoms with Gasteiger partial charge in [0.2, 0.25) is 0 Å². The van der Waals surface area contributed by atoms with Crippen molar-refractivity contribution in [2.75, 3.05) is 33.4 Å². The number of nitrogens with zero attached hydrogens (tertiary/aromatic N) is 2. The van der Waals surface area contributed by atoms with E-state index in [2.05, 4.69) is 29.2 Å². The molecule has 1 amide bonds. The molecule has 200 valence electrons. The first-order valence-corrected chi connectivity index (χ1v) is 13.0. The summed E-state index contributed by atoms with van der Waals surface area (Å²) in [6.07, 6.45) is 3.26. The number of carbonyl (C=O) groups is 1. The van der Waals surface area contributed by atoms with E-state index < -0.39 is 6.10 Å². The van der Waals surface area contributed by atoms with E-state index in [4.69, 9.17) is 19.3 Å². The molecule has 2 aromatic carbocycles. The third-order valence-corrected chi connectivity index (χ3v) is 7.08. The molecule has 38 heavy (non-hydrogen) atoms. The highest BCUT2D eigenvalue weighted by Gasteiger charge is 2.33. The van der Waals surface area contributed by atoms with Gasteiger partial charge in [0.05, 0.1) is 26.9 Å². The summed E-state index contributed by atoms with van der Waals surface area (Å²) in [4.78, 5) is 18.9. The van der Waals surface area contributed by atoms with Crippen molar-refractivity contribution in [3.8, 4) is 11.5 Å². The second kappa shape index (κ2) is 11.9. The first kappa shape index (κ1) is 26.2. The molecule has 1 saturated carbocycles. The molecule has 2 heterocycles. The van der Waals surface area contributed by atoms with Crippen molar-refractivity contribution in [1.82, 2.24) is 9.88 Å². The molecule has 2 aliphatic rings. The SMILES string of the molecule is COc1cc(C2CN(C(=O)c3cc(COC[C@H](O)CO)ccn3)C2)ccc1OCc1ccc(C2CC2)cc1. The van der Waals surface area contributed by atoms with Gasteiger partial charge in [-0.25, -0.2) is 0 Å². The zero-order valence-electron chi connectivity index (χ0n) is 21.6. The first-order valence-electron chi connectivity index (χ1n) is 13.0. The number of aromatic nitrogens is 1. The first-order chi connectivity index (χ1) is 18.5. The van der Waals surface area contributed by atoms with Gasteiger partial charge in [-0.2, -0.15) is 0 Å². The molecule has 1 aliphatic carbocycles. The average Bonchev–Trinajstić information content (AvgIpc) is 3.77. The van der Waals surface area contributed by atoms with Crippen LogP contribution in [0.2, 0.25) is 0 Å². The van der Waals surface area contributed by atoms with E-state index in [1.165, 1.54) is 18.4 Å². The molecule has 2 fully saturated rings. The van der Waals surface area contributed by atoms with Crippen LogP contribution < -0.4 is 9.47 Å². The van der Waals surface area contributed by atoms with Crippen LogP contribution in [0, 0.1) is 0 Å². The summed E-state index contributed by atoms with van der Waals surface area (Å²) in [5.41, 5.74) is 4.78. The van der Waals surface area contributed by atoms with E-state index >= 15 is 0 Å². The molecule has 8 heteroatoms.